The molecule has 1 aliphatic rings. The van der Waals surface area contributed by atoms with Gasteiger partial charge in [-0.3, -0.25) is 4.79 Å². The second kappa shape index (κ2) is 4.75. The normalized spacial score (nSPS) is 43.5. The van der Waals surface area contributed by atoms with Crippen LogP contribution in [-0.2, 0) is 9.53 Å². The van der Waals surface area contributed by atoms with Crippen LogP contribution in [0.4, 0.5) is 0 Å². The number of alkyl halides is 4. The molecule has 1 rings (SSSR count). The first-order valence-electron chi connectivity index (χ1n) is 3.27. The standard InChI is InChI=1S/C6H6Br4O2/c7-2-1-12-6(11)5(10)4(9)3(2)8/h2-5H,1H2. The molecular weight excluding hydrogens is 424 g/mol. The zero-order valence-corrected chi connectivity index (χ0v) is 12.2. The predicted molar refractivity (Wildman–Crippen MR) is 61.8 cm³/mol. The Labute approximate surface area is 104 Å². The number of cyclic esters (lactones) is 1. The van der Waals surface area contributed by atoms with E-state index in [0.717, 1.165) is 0 Å². The summed E-state index contributed by atoms with van der Waals surface area (Å²) in [4.78, 5) is 11.2. The summed E-state index contributed by atoms with van der Waals surface area (Å²) in [5.41, 5.74) is 0. The molecule has 4 atom stereocenters. The summed E-state index contributed by atoms with van der Waals surface area (Å²) < 4.78 is 4.98. The lowest BCUT2D eigenvalue weighted by Crippen LogP contribution is -2.31. The molecule has 0 bridgehead atoms. The minimum Gasteiger partial charge on any atom is -0.464 e. The fourth-order valence-electron chi connectivity index (χ4n) is 0.824. The maximum Gasteiger partial charge on any atom is 0.320 e. The van der Waals surface area contributed by atoms with Gasteiger partial charge in [0, 0.05) is 4.83 Å². The van der Waals surface area contributed by atoms with Crippen LogP contribution in [0.5, 0.6) is 0 Å². The highest BCUT2D eigenvalue weighted by molar-refractivity contribution is 9.14. The first-order valence-corrected chi connectivity index (χ1v) is 6.93. The number of rotatable bonds is 0. The van der Waals surface area contributed by atoms with Crippen molar-refractivity contribution in [3.05, 3.63) is 0 Å². The molecule has 0 aromatic heterocycles. The van der Waals surface area contributed by atoms with Crippen molar-refractivity contribution in [1.82, 2.24) is 0 Å². The van der Waals surface area contributed by atoms with Gasteiger partial charge < -0.3 is 4.74 Å². The smallest absolute Gasteiger partial charge is 0.320 e. The van der Waals surface area contributed by atoms with Crippen LogP contribution >= 0.6 is 63.7 Å². The number of carbonyl (C=O) groups is 1. The van der Waals surface area contributed by atoms with E-state index in [4.69, 9.17) is 4.74 Å². The lowest BCUT2D eigenvalue weighted by molar-refractivity contribution is -0.141. The van der Waals surface area contributed by atoms with E-state index < -0.39 is 0 Å². The highest BCUT2D eigenvalue weighted by atomic mass is 79.9. The Hall–Kier alpha value is 1.39. The van der Waals surface area contributed by atoms with E-state index >= 15 is 0 Å². The van der Waals surface area contributed by atoms with Crippen molar-refractivity contribution in [1.29, 1.82) is 0 Å². The van der Waals surface area contributed by atoms with Gasteiger partial charge in [0.2, 0.25) is 0 Å². The first-order chi connectivity index (χ1) is 5.54. The summed E-state index contributed by atoms with van der Waals surface area (Å²) in [6, 6.07) is 0. The molecule has 0 aromatic carbocycles. The van der Waals surface area contributed by atoms with E-state index in [9.17, 15) is 4.79 Å². The predicted octanol–water partition coefficient (Wildman–Crippen LogP) is 2.60. The van der Waals surface area contributed by atoms with E-state index in [2.05, 4.69) is 63.7 Å². The average Bonchev–Trinajstić information content (AvgIpc) is 2.14. The molecule has 0 N–H and O–H groups in total. The molecule has 1 heterocycles. The average molecular weight is 430 g/mol. The van der Waals surface area contributed by atoms with Crippen LogP contribution in [0.25, 0.3) is 0 Å². The molecule has 70 valence electrons. The Morgan fingerprint density at radius 3 is 2.33 bits per heavy atom. The van der Waals surface area contributed by atoms with Gasteiger partial charge >= 0.3 is 5.97 Å². The molecule has 6 heteroatoms. The molecule has 0 amide bonds. The molecule has 1 saturated heterocycles. The Bertz CT molecular complexity index is 186. The van der Waals surface area contributed by atoms with E-state index in [1.807, 2.05) is 0 Å². The Morgan fingerprint density at radius 2 is 1.75 bits per heavy atom. The molecular formula is C6H6Br4O2. The Morgan fingerprint density at radius 1 is 1.17 bits per heavy atom. The summed E-state index contributed by atoms with van der Waals surface area (Å²) in [7, 11) is 0. The van der Waals surface area contributed by atoms with Gasteiger partial charge in [0.05, 0.1) is 9.65 Å². The minimum atomic E-state index is -0.288. The number of halogens is 4. The van der Waals surface area contributed by atoms with Crippen molar-refractivity contribution < 1.29 is 9.53 Å². The van der Waals surface area contributed by atoms with Crippen LogP contribution in [0.1, 0.15) is 0 Å². The van der Waals surface area contributed by atoms with Crippen molar-refractivity contribution in [2.45, 2.75) is 19.3 Å². The molecule has 0 aromatic rings. The van der Waals surface area contributed by atoms with Crippen LogP contribution in [0.15, 0.2) is 0 Å². The van der Waals surface area contributed by atoms with Gasteiger partial charge in [-0.25, -0.2) is 0 Å². The lowest BCUT2D eigenvalue weighted by atomic mass is 10.2. The number of hydrogen-bond donors (Lipinski definition) is 0. The summed E-state index contributed by atoms with van der Waals surface area (Å²) in [5.74, 6) is -0.219. The van der Waals surface area contributed by atoms with Crippen molar-refractivity contribution in [3.63, 3.8) is 0 Å². The topological polar surface area (TPSA) is 26.3 Å². The number of ether oxygens (including phenoxy) is 1. The van der Waals surface area contributed by atoms with Crippen molar-refractivity contribution in [2.75, 3.05) is 6.61 Å². The summed E-state index contributed by atoms with van der Waals surface area (Å²) in [6.07, 6.45) is 0. The van der Waals surface area contributed by atoms with E-state index in [1.54, 1.807) is 0 Å². The third kappa shape index (κ3) is 2.45. The van der Waals surface area contributed by atoms with Gasteiger partial charge in [0.1, 0.15) is 11.4 Å². The van der Waals surface area contributed by atoms with Crippen molar-refractivity contribution in [3.8, 4) is 0 Å². The third-order valence-electron chi connectivity index (χ3n) is 1.54. The zero-order valence-electron chi connectivity index (χ0n) is 5.84. The maximum absolute atomic E-state index is 11.2. The first kappa shape index (κ1) is 11.5. The van der Waals surface area contributed by atoms with Crippen molar-refractivity contribution >= 4 is 69.7 Å². The largest absolute Gasteiger partial charge is 0.464 e. The lowest BCUT2D eigenvalue weighted by Gasteiger charge is -2.17. The number of carbonyl (C=O) groups excluding carboxylic acids is 1. The van der Waals surface area contributed by atoms with Crippen LogP contribution in [0.3, 0.4) is 0 Å². The molecule has 0 radical (unpaired) electrons. The summed E-state index contributed by atoms with van der Waals surface area (Å²) in [6.45, 7) is 0.402. The van der Waals surface area contributed by atoms with Gasteiger partial charge in [-0.1, -0.05) is 63.7 Å². The fourth-order valence-corrected chi connectivity index (χ4v) is 3.61. The molecule has 0 spiro atoms. The molecule has 1 aliphatic heterocycles. The Kier molecular flexibility index (Phi) is 4.54. The monoisotopic (exact) mass is 426 g/mol. The molecule has 1 fully saturated rings. The molecule has 0 aliphatic carbocycles. The van der Waals surface area contributed by atoms with E-state index in [-0.39, 0.29) is 25.3 Å². The zero-order chi connectivity index (χ0) is 9.30. The molecule has 4 unspecified atom stereocenters. The fraction of sp³-hybridized carbons (Fsp3) is 0.833. The second-order valence-corrected chi connectivity index (χ2v) is 6.71. The van der Waals surface area contributed by atoms with Crippen LogP contribution in [0.2, 0.25) is 0 Å². The van der Waals surface area contributed by atoms with E-state index in [0.29, 0.717) is 6.61 Å². The van der Waals surface area contributed by atoms with Gasteiger partial charge in [-0.05, 0) is 0 Å². The van der Waals surface area contributed by atoms with Crippen LogP contribution < -0.4 is 0 Å². The summed E-state index contributed by atoms with van der Waals surface area (Å²) >= 11 is 13.6. The molecule has 0 saturated carbocycles. The highest BCUT2D eigenvalue weighted by Crippen LogP contribution is 2.32. The highest BCUT2D eigenvalue weighted by Gasteiger charge is 2.37. The Balaban J connectivity index is 2.75. The summed E-state index contributed by atoms with van der Waals surface area (Å²) in [5, 5.41) is 0. The quantitative estimate of drug-likeness (QED) is 0.437. The number of hydrogen-bond acceptors (Lipinski definition) is 2. The van der Waals surface area contributed by atoms with Gasteiger partial charge in [0.25, 0.3) is 0 Å². The van der Waals surface area contributed by atoms with Crippen LogP contribution in [-0.4, -0.2) is 31.9 Å². The van der Waals surface area contributed by atoms with E-state index in [1.165, 1.54) is 0 Å². The maximum atomic E-state index is 11.2. The molecule has 12 heavy (non-hydrogen) atoms. The van der Waals surface area contributed by atoms with Crippen LogP contribution in [0, 0.1) is 0 Å². The molecule has 2 nitrogen and oxygen atoms in total. The number of esters is 1. The van der Waals surface area contributed by atoms with Crippen molar-refractivity contribution in [2.24, 2.45) is 0 Å². The van der Waals surface area contributed by atoms with Gasteiger partial charge in [-0.2, -0.15) is 0 Å². The minimum absolute atomic E-state index is 0.0388. The van der Waals surface area contributed by atoms with Gasteiger partial charge in [-0.15, -0.1) is 0 Å². The van der Waals surface area contributed by atoms with Gasteiger partial charge in [0.15, 0.2) is 0 Å². The second-order valence-electron chi connectivity index (χ2n) is 2.44. The SMILES string of the molecule is O=C1OCC(Br)C(Br)C(Br)C1Br. The third-order valence-corrected chi connectivity index (χ3v) is 7.75.